The Morgan fingerprint density at radius 1 is 1.33 bits per heavy atom. The summed E-state index contributed by atoms with van der Waals surface area (Å²) in [4.78, 5) is 0. The third-order valence-corrected chi connectivity index (χ3v) is 5.90. The van der Waals surface area contributed by atoms with E-state index < -0.39 is 10.0 Å². The fourth-order valence-electron chi connectivity index (χ4n) is 2.52. The van der Waals surface area contributed by atoms with Gasteiger partial charge < -0.3 is 10.5 Å². The van der Waals surface area contributed by atoms with Crippen LogP contribution in [0.2, 0.25) is 0 Å². The van der Waals surface area contributed by atoms with Gasteiger partial charge in [0.2, 0.25) is 10.0 Å². The van der Waals surface area contributed by atoms with Crippen molar-refractivity contribution >= 4 is 10.0 Å². The van der Waals surface area contributed by atoms with Crippen LogP contribution in [0.3, 0.4) is 0 Å². The van der Waals surface area contributed by atoms with Crippen molar-refractivity contribution in [1.82, 2.24) is 4.31 Å². The maximum absolute atomic E-state index is 12.6. The van der Waals surface area contributed by atoms with Gasteiger partial charge >= 0.3 is 0 Å². The number of nitrogens with zero attached hydrogens (tertiary/aromatic N) is 1. The molecule has 2 rings (SSSR count). The molecule has 1 fully saturated rings. The average molecular weight is 312 g/mol. The first-order chi connectivity index (χ1) is 9.90. The molecular weight excluding hydrogens is 288 g/mol. The quantitative estimate of drug-likeness (QED) is 0.886. The molecule has 0 saturated carbocycles. The number of nitrogens with two attached hydrogens (primary N) is 1. The number of hydrogen-bond acceptors (Lipinski definition) is 4. The molecule has 6 heteroatoms. The molecule has 1 aliphatic heterocycles. The van der Waals surface area contributed by atoms with E-state index in [1.54, 1.807) is 0 Å². The van der Waals surface area contributed by atoms with Gasteiger partial charge in [-0.1, -0.05) is 37.3 Å². The fraction of sp³-hybridized carbons (Fsp3) is 0.600. The Balaban J connectivity index is 2.04. The summed E-state index contributed by atoms with van der Waals surface area (Å²) in [6.07, 6.45) is -0.222. The van der Waals surface area contributed by atoms with Crippen molar-refractivity contribution in [2.75, 3.05) is 25.4 Å². The maximum atomic E-state index is 12.6. The topological polar surface area (TPSA) is 72.6 Å². The molecule has 118 valence electrons. The molecule has 0 spiro atoms. The first kappa shape index (κ1) is 16.4. The molecule has 5 nitrogen and oxygen atoms in total. The standard InChI is InChI=1S/C15H24N2O3S/c1-12(14-6-4-3-5-7-14)11-21(18,19)17-8-9-20-15(10-17)13(2)16/h3-7,12-13,15H,8-11,16H2,1-2H3. The van der Waals surface area contributed by atoms with E-state index in [0.29, 0.717) is 19.7 Å². The first-order valence-corrected chi connectivity index (χ1v) is 8.91. The molecule has 1 saturated heterocycles. The lowest BCUT2D eigenvalue weighted by Gasteiger charge is -2.34. The number of ether oxygens (including phenoxy) is 1. The van der Waals surface area contributed by atoms with Crippen molar-refractivity contribution in [3.05, 3.63) is 35.9 Å². The van der Waals surface area contributed by atoms with Crippen molar-refractivity contribution in [2.24, 2.45) is 5.73 Å². The van der Waals surface area contributed by atoms with Crippen LogP contribution in [0, 0.1) is 0 Å². The highest BCUT2D eigenvalue weighted by Crippen LogP contribution is 2.20. The van der Waals surface area contributed by atoms with Gasteiger partial charge in [-0.05, 0) is 18.4 Å². The Bertz CT molecular complexity index is 545. The van der Waals surface area contributed by atoms with Crippen LogP contribution >= 0.6 is 0 Å². The normalized spacial score (nSPS) is 23.7. The van der Waals surface area contributed by atoms with Gasteiger partial charge in [0.1, 0.15) is 0 Å². The van der Waals surface area contributed by atoms with Crippen LogP contribution in [0.25, 0.3) is 0 Å². The highest BCUT2D eigenvalue weighted by molar-refractivity contribution is 7.89. The van der Waals surface area contributed by atoms with E-state index in [1.165, 1.54) is 4.31 Å². The maximum Gasteiger partial charge on any atom is 0.214 e. The zero-order valence-electron chi connectivity index (χ0n) is 12.6. The van der Waals surface area contributed by atoms with Gasteiger partial charge in [0.25, 0.3) is 0 Å². The molecule has 0 aliphatic carbocycles. The summed E-state index contributed by atoms with van der Waals surface area (Å²) in [6.45, 7) is 4.95. The Morgan fingerprint density at radius 3 is 2.62 bits per heavy atom. The zero-order valence-corrected chi connectivity index (χ0v) is 13.4. The largest absolute Gasteiger partial charge is 0.374 e. The van der Waals surface area contributed by atoms with Crippen molar-refractivity contribution < 1.29 is 13.2 Å². The molecule has 0 amide bonds. The molecule has 3 unspecified atom stereocenters. The Morgan fingerprint density at radius 2 is 2.00 bits per heavy atom. The molecule has 0 radical (unpaired) electrons. The lowest BCUT2D eigenvalue weighted by molar-refractivity contribution is -0.0120. The second kappa shape index (κ2) is 6.87. The number of hydrogen-bond donors (Lipinski definition) is 1. The lowest BCUT2D eigenvalue weighted by Crippen LogP contribution is -2.52. The summed E-state index contributed by atoms with van der Waals surface area (Å²) >= 11 is 0. The smallest absolute Gasteiger partial charge is 0.214 e. The van der Waals surface area contributed by atoms with Crippen LogP contribution in [0.1, 0.15) is 25.3 Å². The number of benzene rings is 1. The molecule has 1 aliphatic rings. The van der Waals surface area contributed by atoms with E-state index in [0.717, 1.165) is 5.56 Å². The minimum atomic E-state index is -3.30. The number of rotatable bonds is 5. The van der Waals surface area contributed by atoms with Crippen LogP contribution in [0.5, 0.6) is 0 Å². The van der Waals surface area contributed by atoms with Crippen molar-refractivity contribution in [1.29, 1.82) is 0 Å². The third-order valence-electron chi connectivity index (χ3n) is 3.87. The van der Waals surface area contributed by atoms with Crippen LogP contribution in [0.15, 0.2) is 30.3 Å². The second-order valence-electron chi connectivity index (χ2n) is 5.72. The van der Waals surface area contributed by atoms with E-state index in [2.05, 4.69) is 0 Å². The number of morpholine rings is 1. The molecule has 1 aromatic carbocycles. The number of sulfonamides is 1. The van der Waals surface area contributed by atoms with Gasteiger partial charge in [0.15, 0.2) is 0 Å². The second-order valence-corrected chi connectivity index (χ2v) is 7.73. The third kappa shape index (κ3) is 4.26. The minimum absolute atomic E-state index is 0.0344. The Labute approximate surface area is 127 Å². The van der Waals surface area contributed by atoms with Gasteiger partial charge in [0, 0.05) is 19.1 Å². The van der Waals surface area contributed by atoms with E-state index in [4.69, 9.17) is 10.5 Å². The predicted octanol–water partition coefficient (Wildman–Crippen LogP) is 1.17. The summed E-state index contributed by atoms with van der Waals surface area (Å²) < 4.78 is 32.2. The zero-order chi connectivity index (χ0) is 15.5. The molecule has 3 atom stereocenters. The van der Waals surface area contributed by atoms with Crippen molar-refractivity contribution in [3.8, 4) is 0 Å². The van der Waals surface area contributed by atoms with Crippen LogP contribution in [-0.4, -0.2) is 50.3 Å². The molecular formula is C15H24N2O3S. The fourth-order valence-corrected chi connectivity index (χ4v) is 4.28. The van der Waals surface area contributed by atoms with E-state index in [1.807, 2.05) is 44.2 Å². The Kier molecular flexibility index (Phi) is 5.37. The van der Waals surface area contributed by atoms with Crippen molar-refractivity contribution in [2.45, 2.75) is 31.9 Å². The monoisotopic (exact) mass is 312 g/mol. The highest BCUT2D eigenvalue weighted by atomic mass is 32.2. The van der Waals surface area contributed by atoms with E-state index in [9.17, 15) is 8.42 Å². The highest BCUT2D eigenvalue weighted by Gasteiger charge is 2.32. The average Bonchev–Trinajstić information content (AvgIpc) is 2.48. The van der Waals surface area contributed by atoms with Crippen LogP contribution in [0.4, 0.5) is 0 Å². The van der Waals surface area contributed by atoms with Crippen molar-refractivity contribution in [3.63, 3.8) is 0 Å². The SMILES string of the molecule is CC(CS(=O)(=O)N1CCOC(C(C)N)C1)c1ccccc1. The van der Waals surface area contributed by atoms with Gasteiger partial charge in [-0.25, -0.2) is 8.42 Å². The first-order valence-electron chi connectivity index (χ1n) is 7.30. The van der Waals surface area contributed by atoms with E-state index >= 15 is 0 Å². The summed E-state index contributed by atoms with van der Waals surface area (Å²) in [5.41, 5.74) is 6.86. The molecule has 21 heavy (non-hydrogen) atoms. The molecule has 1 aromatic rings. The van der Waals surface area contributed by atoms with Gasteiger partial charge in [-0.3, -0.25) is 0 Å². The van der Waals surface area contributed by atoms with Crippen LogP contribution in [-0.2, 0) is 14.8 Å². The summed E-state index contributed by atoms with van der Waals surface area (Å²) in [5.74, 6) is 0.0793. The molecule has 0 aromatic heterocycles. The Hall–Kier alpha value is -0.950. The van der Waals surface area contributed by atoms with Crippen LogP contribution < -0.4 is 5.73 Å². The minimum Gasteiger partial charge on any atom is -0.374 e. The van der Waals surface area contributed by atoms with Gasteiger partial charge in [-0.2, -0.15) is 4.31 Å². The van der Waals surface area contributed by atoms with E-state index in [-0.39, 0.29) is 23.8 Å². The molecule has 2 N–H and O–H groups in total. The molecule has 1 heterocycles. The summed E-state index contributed by atoms with van der Waals surface area (Å²) in [7, 11) is -3.30. The predicted molar refractivity (Wildman–Crippen MR) is 83.6 cm³/mol. The lowest BCUT2D eigenvalue weighted by atomic mass is 10.0. The molecule has 0 bridgehead atoms. The summed E-state index contributed by atoms with van der Waals surface area (Å²) in [6, 6.07) is 9.54. The summed E-state index contributed by atoms with van der Waals surface area (Å²) in [5, 5.41) is 0. The van der Waals surface area contributed by atoms with Gasteiger partial charge in [-0.15, -0.1) is 0 Å². The van der Waals surface area contributed by atoms with Gasteiger partial charge in [0.05, 0.1) is 18.5 Å².